The Labute approximate surface area is 109 Å². The molecule has 5 nitrogen and oxygen atoms in total. The van der Waals surface area contributed by atoms with Crippen molar-refractivity contribution in [2.45, 2.75) is 13.0 Å². The third-order valence-corrected chi connectivity index (χ3v) is 3.26. The van der Waals surface area contributed by atoms with Crippen LogP contribution < -0.4 is 10.6 Å². The highest BCUT2D eigenvalue weighted by molar-refractivity contribution is 7.22. The average molecular weight is 265 g/mol. The van der Waals surface area contributed by atoms with Crippen LogP contribution in [0.5, 0.6) is 0 Å². The van der Waals surface area contributed by atoms with Gasteiger partial charge in [0, 0.05) is 7.11 Å². The fraction of sp³-hybridized carbons (Fsp3) is 0.333. The van der Waals surface area contributed by atoms with Crippen molar-refractivity contribution in [2.75, 3.05) is 19.0 Å². The minimum Gasteiger partial charge on any atom is -0.383 e. The van der Waals surface area contributed by atoms with Crippen LogP contribution in [0, 0.1) is 0 Å². The number of carbonyl (C=O) groups excluding carboxylic acids is 1. The van der Waals surface area contributed by atoms with Crippen LogP contribution in [0.4, 0.5) is 9.93 Å². The Kier molecular flexibility index (Phi) is 4.11. The van der Waals surface area contributed by atoms with Gasteiger partial charge >= 0.3 is 6.03 Å². The standard InChI is InChI=1S/C12H15N3O2S/c1-8(7-17-2)13-11(16)15-12-14-9-5-3-4-6-10(9)18-12/h3-6,8H,7H2,1-2H3,(H2,13,14,15,16)/t8-/m0/s1. The summed E-state index contributed by atoms with van der Waals surface area (Å²) in [5.41, 5.74) is 0.891. The molecule has 0 unspecified atom stereocenters. The molecule has 1 aromatic carbocycles. The van der Waals surface area contributed by atoms with Crippen molar-refractivity contribution in [3.63, 3.8) is 0 Å². The zero-order valence-electron chi connectivity index (χ0n) is 10.3. The van der Waals surface area contributed by atoms with Crippen molar-refractivity contribution in [3.05, 3.63) is 24.3 Å². The zero-order valence-corrected chi connectivity index (χ0v) is 11.1. The number of amides is 2. The number of aromatic nitrogens is 1. The summed E-state index contributed by atoms with van der Waals surface area (Å²) < 4.78 is 6.00. The van der Waals surface area contributed by atoms with Gasteiger partial charge in [-0.05, 0) is 19.1 Å². The fourth-order valence-electron chi connectivity index (χ4n) is 1.57. The number of nitrogens with zero attached hydrogens (tertiary/aromatic N) is 1. The van der Waals surface area contributed by atoms with Gasteiger partial charge in [0.15, 0.2) is 5.13 Å². The third kappa shape index (κ3) is 3.18. The van der Waals surface area contributed by atoms with Gasteiger partial charge in [-0.1, -0.05) is 23.5 Å². The van der Waals surface area contributed by atoms with Gasteiger partial charge in [-0.25, -0.2) is 9.78 Å². The van der Waals surface area contributed by atoms with Crippen LogP contribution in [-0.2, 0) is 4.74 Å². The number of hydrogen-bond donors (Lipinski definition) is 2. The lowest BCUT2D eigenvalue weighted by Gasteiger charge is -2.12. The van der Waals surface area contributed by atoms with Gasteiger partial charge < -0.3 is 10.1 Å². The molecule has 96 valence electrons. The maximum Gasteiger partial charge on any atom is 0.321 e. The molecule has 0 aliphatic carbocycles. The summed E-state index contributed by atoms with van der Waals surface area (Å²) in [7, 11) is 1.60. The second kappa shape index (κ2) is 5.79. The van der Waals surface area contributed by atoms with Gasteiger partial charge in [0.2, 0.25) is 0 Å². The molecule has 2 rings (SSSR count). The molecule has 0 spiro atoms. The first-order valence-corrected chi connectivity index (χ1v) is 6.42. The van der Waals surface area contributed by atoms with Crippen LogP contribution in [-0.4, -0.2) is 30.8 Å². The lowest BCUT2D eigenvalue weighted by molar-refractivity contribution is 0.173. The first kappa shape index (κ1) is 12.8. The number of rotatable bonds is 4. The van der Waals surface area contributed by atoms with E-state index in [1.807, 2.05) is 31.2 Å². The van der Waals surface area contributed by atoms with Crippen LogP contribution in [0.3, 0.4) is 0 Å². The van der Waals surface area contributed by atoms with E-state index in [-0.39, 0.29) is 12.1 Å². The molecule has 0 aliphatic heterocycles. The van der Waals surface area contributed by atoms with Crippen molar-refractivity contribution >= 4 is 32.7 Å². The van der Waals surface area contributed by atoms with Gasteiger partial charge in [-0.3, -0.25) is 5.32 Å². The third-order valence-electron chi connectivity index (χ3n) is 2.31. The second-order valence-corrected chi connectivity index (χ2v) is 4.97. The van der Waals surface area contributed by atoms with E-state index < -0.39 is 0 Å². The topological polar surface area (TPSA) is 63.2 Å². The largest absolute Gasteiger partial charge is 0.383 e. The molecule has 0 saturated carbocycles. The number of carbonyl (C=O) groups is 1. The molecule has 0 aliphatic rings. The number of hydrogen-bond acceptors (Lipinski definition) is 4. The predicted octanol–water partition coefficient (Wildman–Crippen LogP) is 2.45. The van der Waals surface area contributed by atoms with Crippen molar-refractivity contribution in [1.82, 2.24) is 10.3 Å². The van der Waals surface area contributed by atoms with E-state index in [0.29, 0.717) is 11.7 Å². The maximum absolute atomic E-state index is 11.7. The second-order valence-electron chi connectivity index (χ2n) is 3.94. The highest BCUT2D eigenvalue weighted by Crippen LogP contribution is 2.25. The van der Waals surface area contributed by atoms with E-state index in [1.165, 1.54) is 11.3 Å². The monoisotopic (exact) mass is 265 g/mol. The molecule has 2 aromatic rings. The highest BCUT2D eigenvalue weighted by Gasteiger charge is 2.09. The molecular formula is C12H15N3O2S. The molecule has 6 heteroatoms. The Hall–Kier alpha value is -1.66. The van der Waals surface area contributed by atoms with E-state index >= 15 is 0 Å². The molecule has 0 saturated heterocycles. The van der Waals surface area contributed by atoms with E-state index in [4.69, 9.17) is 4.74 Å². The Bertz CT molecular complexity index is 508. The Morgan fingerprint density at radius 1 is 1.50 bits per heavy atom. The highest BCUT2D eigenvalue weighted by atomic mass is 32.1. The molecule has 0 bridgehead atoms. The summed E-state index contributed by atoms with van der Waals surface area (Å²) in [4.78, 5) is 16.0. The normalized spacial score (nSPS) is 12.3. The molecular weight excluding hydrogens is 250 g/mol. The number of thiazole rings is 1. The van der Waals surface area contributed by atoms with Crippen molar-refractivity contribution in [3.8, 4) is 0 Å². The van der Waals surface area contributed by atoms with Crippen molar-refractivity contribution in [1.29, 1.82) is 0 Å². The molecule has 1 heterocycles. The first-order chi connectivity index (χ1) is 8.69. The molecule has 18 heavy (non-hydrogen) atoms. The van der Waals surface area contributed by atoms with Gasteiger partial charge in [0.05, 0.1) is 22.9 Å². The van der Waals surface area contributed by atoms with E-state index in [2.05, 4.69) is 15.6 Å². The van der Waals surface area contributed by atoms with Gasteiger partial charge in [-0.15, -0.1) is 0 Å². The predicted molar refractivity (Wildman–Crippen MR) is 73.1 cm³/mol. The van der Waals surface area contributed by atoms with E-state index in [1.54, 1.807) is 7.11 Å². The van der Waals surface area contributed by atoms with Gasteiger partial charge in [0.1, 0.15) is 0 Å². The van der Waals surface area contributed by atoms with Gasteiger partial charge in [0.25, 0.3) is 0 Å². The maximum atomic E-state index is 11.7. The number of benzene rings is 1. The van der Waals surface area contributed by atoms with Crippen LogP contribution >= 0.6 is 11.3 Å². The summed E-state index contributed by atoms with van der Waals surface area (Å²) in [6.07, 6.45) is 0. The SMILES string of the molecule is COC[C@H](C)NC(=O)Nc1nc2ccccc2s1. The number of methoxy groups -OCH3 is 1. The van der Waals surface area contributed by atoms with Crippen LogP contribution in [0.25, 0.3) is 10.2 Å². The fourth-order valence-corrected chi connectivity index (χ4v) is 2.44. The van der Waals surface area contributed by atoms with Crippen molar-refractivity contribution < 1.29 is 9.53 Å². The number of para-hydroxylation sites is 1. The summed E-state index contributed by atoms with van der Waals surface area (Å²) in [6, 6.07) is 7.46. The lowest BCUT2D eigenvalue weighted by Crippen LogP contribution is -2.38. The summed E-state index contributed by atoms with van der Waals surface area (Å²) in [6.45, 7) is 2.36. The summed E-state index contributed by atoms with van der Waals surface area (Å²) in [5, 5.41) is 6.08. The summed E-state index contributed by atoms with van der Waals surface area (Å²) in [5.74, 6) is 0. The molecule has 1 atom stereocenters. The van der Waals surface area contributed by atoms with Gasteiger partial charge in [-0.2, -0.15) is 0 Å². The quantitative estimate of drug-likeness (QED) is 0.892. The van der Waals surface area contributed by atoms with E-state index in [9.17, 15) is 4.79 Å². The number of anilines is 1. The number of nitrogens with one attached hydrogen (secondary N) is 2. The Morgan fingerprint density at radius 3 is 3.00 bits per heavy atom. The molecule has 0 radical (unpaired) electrons. The average Bonchev–Trinajstić information content (AvgIpc) is 2.70. The minimum absolute atomic E-state index is 0.0376. The first-order valence-electron chi connectivity index (χ1n) is 5.61. The molecule has 2 N–H and O–H groups in total. The smallest absolute Gasteiger partial charge is 0.321 e. The van der Waals surface area contributed by atoms with Crippen molar-refractivity contribution in [2.24, 2.45) is 0 Å². The molecule has 2 amide bonds. The van der Waals surface area contributed by atoms with Crippen LogP contribution in [0.2, 0.25) is 0 Å². The van der Waals surface area contributed by atoms with Crippen LogP contribution in [0.1, 0.15) is 6.92 Å². The Morgan fingerprint density at radius 2 is 2.28 bits per heavy atom. The van der Waals surface area contributed by atoms with E-state index in [0.717, 1.165) is 10.2 Å². The summed E-state index contributed by atoms with van der Waals surface area (Å²) >= 11 is 1.45. The van der Waals surface area contributed by atoms with Crippen LogP contribution in [0.15, 0.2) is 24.3 Å². The number of urea groups is 1. The Balaban J connectivity index is 1.98. The molecule has 0 fully saturated rings. The zero-order chi connectivity index (χ0) is 13.0. The number of fused-ring (bicyclic) bond motifs is 1. The number of ether oxygens (including phenoxy) is 1. The molecule has 1 aromatic heterocycles. The lowest BCUT2D eigenvalue weighted by atomic mass is 10.3. The minimum atomic E-state index is -0.265.